The van der Waals surface area contributed by atoms with Crippen molar-refractivity contribution in [2.45, 2.75) is 26.3 Å². The highest BCUT2D eigenvalue weighted by Crippen LogP contribution is 2.25. The van der Waals surface area contributed by atoms with Gasteiger partial charge in [-0.15, -0.1) is 11.3 Å². The number of aryl methyl sites for hydroxylation is 1. The second-order valence-corrected chi connectivity index (χ2v) is 7.45. The zero-order valence-corrected chi connectivity index (χ0v) is 16.2. The van der Waals surface area contributed by atoms with Crippen LogP contribution in [0.1, 0.15) is 17.5 Å². The van der Waals surface area contributed by atoms with Gasteiger partial charge < -0.3 is 15.4 Å². The first kappa shape index (κ1) is 18.8. The van der Waals surface area contributed by atoms with E-state index in [-0.39, 0.29) is 11.8 Å². The third-order valence-corrected chi connectivity index (χ3v) is 4.96. The number of benzene rings is 2. The van der Waals surface area contributed by atoms with Crippen molar-refractivity contribution in [3.8, 4) is 5.75 Å². The van der Waals surface area contributed by atoms with E-state index >= 15 is 0 Å². The lowest BCUT2D eigenvalue weighted by molar-refractivity contribution is -0.125. The van der Waals surface area contributed by atoms with Crippen LogP contribution in [0.2, 0.25) is 0 Å². The third kappa shape index (κ3) is 4.83. The second kappa shape index (κ2) is 8.18. The minimum absolute atomic E-state index is 0.258. The van der Waals surface area contributed by atoms with Gasteiger partial charge in [-0.25, -0.2) is 4.98 Å². The molecule has 0 fully saturated rings. The van der Waals surface area contributed by atoms with Gasteiger partial charge in [0.25, 0.3) is 0 Å². The molecule has 140 valence electrons. The number of carbonyl (C=O) groups is 2. The van der Waals surface area contributed by atoms with Crippen molar-refractivity contribution in [1.29, 1.82) is 0 Å². The molecule has 1 atom stereocenters. The summed E-state index contributed by atoms with van der Waals surface area (Å²) in [5.41, 5.74) is 2.49. The van der Waals surface area contributed by atoms with E-state index in [4.69, 9.17) is 4.74 Å². The van der Waals surface area contributed by atoms with Gasteiger partial charge >= 0.3 is 0 Å². The first-order valence-corrected chi connectivity index (χ1v) is 9.34. The number of hydrogen-bond acceptors (Lipinski definition) is 5. The Kier molecular flexibility index (Phi) is 5.71. The Bertz CT molecular complexity index is 984. The molecule has 0 spiro atoms. The average molecular weight is 383 g/mol. The van der Waals surface area contributed by atoms with E-state index in [0.29, 0.717) is 17.9 Å². The lowest BCUT2D eigenvalue weighted by atomic mass is 10.0. The summed E-state index contributed by atoms with van der Waals surface area (Å²) < 4.78 is 6.23. The van der Waals surface area contributed by atoms with Crippen LogP contribution < -0.4 is 15.4 Å². The van der Waals surface area contributed by atoms with E-state index in [2.05, 4.69) is 15.6 Å². The van der Waals surface area contributed by atoms with Crippen molar-refractivity contribution in [1.82, 2.24) is 10.3 Å². The van der Waals surface area contributed by atoms with Gasteiger partial charge in [0.1, 0.15) is 11.8 Å². The maximum atomic E-state index is 12.8. The quantitative estimate of drug-likeness (QED) is 0.684. The molecule has 6 nitrogen and oxygen atoms in total. The highest BCUT2D eigenvalue weighted by Gasteiger charge is 2.20. The highest BCUT2D eigenvalue weighted by atomic mass is 32.1. The molecule has 0 unspecified atom stereocenters. The smallest absolute Gasteiger partial charge is 0.247 e. The number of amides is 2. The molecule has 2 amide bonds. The number of nitrogens with zero attached hydrogens (tertiary/aromatic N) is 1. The molecule has 2 N–H and O–H groups in total. The van der Waals surface area contributed by atoms with Crippen molar-refractivity contribution in [2.24, 2.45) is 0 Å². The monoisotopic (exact) mass is 383 g/mol. The van der Waals surface area contributed by atoms with Crippen molar-refractivity contribution >= 4 is 39.1 Å². The van der Waals surface area contributed by atoms with E-state index < -0.39 is 6.04 Å². The van der Waals surface area contributed by atoms with E-state index in [9.17, 15) is 9.59 Å². The summed E-state index contributed by atoms with van der Waals surface area (Å²) in [7, 11) is 1.59. The molecule has 7 heteroatoms. The summed E-state index contributed by atoms with van der Waals surface area (Å²) in [6, 6.07) is 12.4. The lowest BCUT2D eigenvalue weighted by Gasteiger charge is -2.18. The Morgan fingerprint density at radius 1 is 1.22 bits per heavy atom. The van der Waals surface area contributed by atoms with Gasteiger partial charge in [0, 0.05) is 19.0 Å². The summed E-state index contributed by atoms with van der Waals surface area (Å²) in [5, 5.41) is 6.59. The number of aromatic nitrogens is 1. The molecule has 27 heavy (non-hydrogen) atoms. The van der Waals surface area contributed by atoms with Gasteiger partial charge in [0.15, 0.2) is 0 Å². The third-order valence-electron chi connectivity index (χ3n) is 4.03. The summed E-state index contributed by atoms with van der Waals surface area (Å²) in [6.07, 6.45) is 0.366. The molecule has 0 radical (unpaired) electrons. The number of thiazole rings is 1. The number of rotatable bonds is 6. The van der Waals surface area contributed by atoms with E-state index in [1.54, 1.807) is 18.4 Å². The number of nitrogens with one attached hydrogen (secondary N) is 2. The summed E-state index contributed by atoms with van der Waals surface area (Å²) in [4.78, 5) is 28.8. The van der Waals surface area contributed by atoms with Gasteiger partial charge in [0.2, 0.25) is 11.8 Å². The first-order valence-electron chi connectivity index (χ1n) is 8.52. The van der Waals surface area contributed by atoms with Gasteiger partial charge in [0.05, 0.1) is 22.3 Å². The Labute approximate surface area is 161 Å². The second-order valence-electron chi connectivity index (χ2n) is 6.21. The van der Waals surface area contributed by atoms with Crippen LogP contribution in [0.5, 0.6) is 5.75 Å². The zero-order valence-electron chi connectivity index (χ0n) is 15.4. The predicted molar refractivity (Wildman–Crippen MR) is 107 cm³/mol. The topological polar surface area (TPSA) is 80.3 Å². The number of hydrogen-bond donors (Lipinski definition) is 2. The van der Waals surface area contributed by atoms with Crippen LogP contribution in [-0.2, 0) is 16.0 Å². The number of fused-ring (bicyclic) bond motifs is 1. The fourth-order valence-corrected chi connectivity index (χ4v) is 3.70. The molecule has 0 aliphatic carbocycles. The van der Waals surface area contributed by atoms with Gasteiger partial charge in [-0.3, -0.25) is 9.59 Å². The molecule has 0 aliphatic heterocycles. The van der Waals surface area contributed by atoms with Crippen LogP contribution >= 0.6 is 11.3 Å². The Morgan fingerprint density at radius 3 is 2.78 bits per heavy atom. The maximum Gasteiger partial charge on any atom is 0.247 e. The minimum Gasteiger partial charge on any atom is -0.497 e. The van der Waals surface area contributed by atoms with Crippen molar-refractivity contribution < 1.29 is 14.3 Å². The SMILES string of the molecule is COc1cccc(C[C@@H](NC(C)=O)C(=O)Nc2ccc3nc(C)sc3c2)c1. The molecule has 0 saturated heterocycles. The highest BCUT2D eigenvalue weighted by molar-refractivity contribution is 7.18. The Balaban J connectivity index is 1.78. The fourth-order valence-electron chi connectivity index (χ4n) is 2.84. The van der Waals surface area contributed by atoms with Crippen LogP contribution in [0.15, 0.2) is 42.5 Å². The zero-order chi connectivity index (χ0) is 19.4. The molecule has 0 saturated carbocycles. The van der Waals surface area contributed by atoms with Gasteiger partial charge in [-0.2, -0.15) is 0 Å². The number of carbonyl (C=O) groups excluding carboxylic acids is 2. The molecule has 1 heterocycles. The first-order chi connectivity index (χ1) is 12.9. The summed E-state index contributed by atoms with van der Waals surface area (Å²) >= 11 is 1.57. The molecule has 1 aromatic heterocycles. The van der Waals surface area contributed by atoms with Crippen LogP contribution in [-0.4, -0.2) is 29.9 Å². The lowest BCUT2D eigenvalue weighted by Crippen LogP contribution is -2.44. The van der Waals surface area contributed by atoms with Crippen LogP contribution in [0, 0.1) is 6.92 Å². The summed E-state index contributed by atoms with van der Waals surface area (Å²) in [6.45, 7) is 3.35. The Hall–Kier alpha value is -2.93. The van der Waals surface area contributed by atoms with E-state index in [1.807, 2.05) is 49.4 Å². The number of methoxy groups -OCH3 is 1. The van der Waals surface area contributed by atoms with Crippen molar-refractivity contribution in [2.75, 3.05) is 12.4 Å². The van der Waals surface area contributed by atoms with Crippen molar-refractivity contribution in [3.63, 3.8) is 0 Å². The summed E-state index contributed by atoms with van der Waals surface area (Å²) in [5.74, 6) is 0.181. The minimum atomic E-state index is -0.687. The molecule has 2 aromatic carbocycles. The molecule has 3 rings (SSSR count). The molecular formula is C20H21N3O3S. The van der Waals surface area contributed by atoms with E-state index in [0.717, 1.165) is 20.8 Å². The standard InChI is InChI=1S/C20H21N3O3S/c1-12(24)21-18(10-14-5-4-6-16(9-14)26-3)20(25)23-15-7-8-17-19(11-15)27-13(2)22-17/h4-9,11,18H,10H2,1-3H3,(H,21,24)(H,23,25)/t18-/m1/s1. The molecule has 3 aromatic rings. The number of ether oxygens (including phenoxy) is 1. The maximum absolute atomic E-state index is 12.8. The van der Waals surface area contributed by atoms with Gasteiger partial charge in [-0.05, 0) is 42.8 Å². The van der Waals surface area contributed by atoms with Crippen LogP contribution in [0.25, 0.3) is 10.2 Å². The van der Waals surface area contributed by atoms with Crippen LogP contribution in [0.3, 0.4) is 0 Å². The number of anilines is 1. The Morgan fingerprint density at radius 2 is 2.04 bits per heavy atom. The normalized spacial score (nSPS) is 11.8. The molecular weight excluding hydrogens is 362 g/mol. The molecule has 0 aliphatic rings. The molecule has 0 bridgehead atoms. The predicted octanol–water partition coefficient (Wildman–Crippen LogP) is 3.30. The van der Waals surface area contributed by atoms with Crippen molar-refractivity contribution in [3.05, 3.63) is 53.0 Å². The van der Waals surface area contributed by atoms with Crippen LogP contribution in [0.4, 0.5) is 5.69 Å². The average Bonchev–Trinajstić information content (AvgIpc) is 3.00. The fraction of sp³-hybridized carbons (Fsp3) is 0.250. The van der Waals surface area contributed by atoms with Gasteiger partial charge in [-0.1, -0.05) is 12.1 Å². The largest absolute Gasteiger partial charge is 0.497 e. The van der Waals surface area contributed by atoms with E-state index in [1.165, 1.54) is 6.92 Å².